The first-order chi connectivity index (χ1) is 15.4. The van der Waals surface area contributed by atoms with Crippen molar-refractivity contribution >= 4 is 17.4 Å². The van der Waals surface area contributed by atoms with E-state index in [1.807, 2.05) is 32.0 Å². The Morgan fingerprint density at radius 2 is 1.72 bits per heavy atom. The number of hydrogen-bond acceptors (Lipinski definition) is 6. The topological polar surface area (TPSA) is 92.5 Å². The van der Waals surface area contributed by atoms with Crippen molar-refractivity contribution in [2.75, 3.05) is 31.1 Å². The molecule has 164 valence electrons. The van der Waals surface area contributed by atoms with E-state index in [0.717, 1.165) is 29.3 Å². The monoisotopic (exact) mass is 431 g/mol. The number of rotatable bonds is 5. The molecule has 0 unspecified atom stereocenters. The van der Waals surface area contributed by atoms with E-state index in [2.05, 4.69) is 22.0 Å². The SMILES string of the molecule is Cc1nc(C)c(Cc2ccccc2)c(N2CCN(C(=O)c3cccc([N+](=O)[O-])c3)CC2)n1. The lowest BCUT2D eigenvalue weighted by atomic mass is 10.0. The highest BCUT2D eigenvalue weighted by atomic mass is 16.6. The van der Waals surface area contributed by atoms with Gasteiger partial charge in [-0.25, -0.2) is 9.97 Å². The van der Waals surface area contributed by atoms with Gasteiger partial charge in [0.2, 0.25) is 0 Å². The third-order valence-corrected chi connectivity index (χ3v) is 5.70. The Morgan fingerprint density at radius 1 is 1.00 bits per heavy atom. The highest BCUT2D eigenvalue weighted by Gasteiger charge is 2.26. The molecule has 1 aliphatic rings. The van der Waals surface area contributed by atoms with E-state index < -0.39 is 4.92 Å². The zero-order valence-corrected chi connectivity index (χ0v) is 18.2. The van der Waals surface area contributed by atoms with Crippen LogP contribution in [-0.2, 0) is 6.42 Å². The number of piperazine rings is 1. The van der Waals surface area contributed by atoms with Gasteiger partial charge in [0, 0.05) is 61.6 Å². The molecule has 0 N–H and O–H groups in total. The van der Waals surface area contributed by atoms with Crippen LogP contribution in [0.25, 0.3) is 0 Å². The number of nitrogens with zero attached hydrogens (tertiary/aromatic N) is 5. The molecule has 1 amide bonds. The summed E-state index contributed by atoms with van der Waals surface area (Å²) >= 11 is 0. The molecule has 0 atom stereocenters. The van der Waals surface area contributed by atoms with Crippen LogP contribution in [0.4, 0.5) is 11.5 Å². The number of carbonyl (C=O) groups excluding carboxylic acids is 1. The molecule has 8 heteroatoms. The quantitative estimate of drug-likeness (QED) is 0.453. The molecular weight excluding hydrogens is 406 g/mol. The summed E-state index contributed by atoms with van der Waals surface area (Å²) in [6.07, 6.45) is 0.745. The molecule has 4 rings (SSSR count). The van der Waals surface area contributed by atoms with Crippen molar-refractivity contribution in [1.29, 1.82) is 0 Å². The number of aryl methyl sites for hydroxylation is 2. The summed E-state index contributed by atoms with van der Waals surface area (Å²) in [7, 11) is 0. The van der Waals surface area contributed by atoms with Crippen molar-refractivity contribution in [2.45, 2.75) is 20.3 Å². The van der Waals surface area contributed by atoms with Gasteiger partial charge in [-0.15, -0.1) is 0 Å². The average molecular weight is 431 g/mol. The van der Waals surface area contributed by atoms with Gasteiger partial charge in [-0.05, 0) is 25.5 Å². The Hall–Kier alpha value is -3.81. The zero-order chi connectivity index (χ0) is 22.7. The molecule has 1 aliphatic heterocycles. The zero-order valence-electron chi connectivity index (χ0n) is 18.2. The number of benzene rings is 2. The first-order valence-electron chi connectivity index (χ1n) is 10.6. The molecule has 1 fully saturated rings. The number of carbonyl (C=O) groups is 1. The largest absolute Gasteiger partial charge is 0.353 e. The Kier molecular flexibility index (Phi) is 6.11. The number of amides is 1. The Labute approximate surface area is 186 Å². The molecule has 1 saturated heterocycles. The normalized spacial score (nSPS) is 13.8. The van der Waals surface area contributed by atoms with Gasteiger partial charge in [-0.3, -0.25) is 14.9 Å². The van der Waals surface area contributed by atoms with Crippen LogP contribution in [0.3, 0.4) is 0 Å². The third kappa shape index (κ3) is 4.59. The summed E-state index contributed by atoms with van der Waals surface area (Å²) in [6, 6.07) is 16.1. The lowest BCUT2D eigenvalue weighted by Gasteiger charge is -2.36. The van der Waals surface area contributed by atoms with Crippen molar-refractivity contribution in [2.24, 2.45) is 0 Å². The predicted octanol–water partition coefficient (Wildman–Crippen LogP) is 3.55. The molecule has 2 aromatic carbocycles. The number of nitro benzene ring substituents is 1. The van der Waals surface area contributed by atoms with E-state index in [-0.39, 0.29) is 11.6 Å². The summed E-state index contributed by atoms with van der Waals surface area (Å²) in [4.78, 5) is 36.7. The molecule has 32 heavy (non-hydrogen) atoms. The van der Waals surface area contributed by atoms with E-state index >= 15 is 0 Å². The van der Waals surface area contributed by atoms with Crippen LogP contribution in [0.15, 0.2) is 54.6 Å². The molecule has 0 saturated carbocycles. The maximum atomic E-state index is 12.9. The Balaban J connectivity index is 1.51. The van der Waals surface area contributed by atoms with Gasteiger partial charge in [0.1, 0.15) is 11.6 Å². The maximum absolute atomic E-state index is 12.9. The van der Waals surface area contributed by atoms with Crippen molar-refractivity contribution in [1.82, 2.24) is 14.9 Å². The highest BCUT2D eigenvalue weighted by molar-refractivity contribution is 5.95. The molecule has 0 bridgehead atoms. The molecule has 2 heterocycles. The van der Waals surface area contributed by atoms with Crippen molar-refractivity contribution < 1.29 is 9.72 Å². The first-order valence-corrected chi connectivity index (χ1v) is 10.6. The molecule has 0 spiro atoms. The molecule has 0 radical (unpaired) electrons. The Morgan fingerprint density at radius 3 is 2.41 bits per heavy atom. The second-order valence-electron chi connectivity index (χ2n) is 7.91. The van der Waals surface area contributed by atoms with Crippen molar-refractivity contribution in [3.05, 3.63) is 92.9 Å². The average Bonchev–Trinajstić information content (AvgIpc) is 2.81. The summed E-state index contributed by atoms with van der Waals surface area (Å²) in [5.74, 6) is 1.46. The van der Waals surface area contributed by atoms with E-state index in [1.165, 1.54) is 17.7 Å². The van der Waals surface area contributed by atoms with Crippen LogP contribution in [0.2, 0.25) is 0 Å². The molecule has 0 aliphatic carbocycles. The summed E-state index contributed by atoms with van der Waals surface area (Å²) in [5, 5.41) is 11.0. The minimum atomic E-state index is -0.483. The van der Waals surface area contributed by atoms with E-state index in [0.29, 0.717) is 31.7 Å². The predicted molar refractivity (Wildman–Crippen MR) is 122 cm³/mol. The molecule has 3 aromatic rings. The van der Waals surface area contributed by atoms with Crippen LogP contribution >= 0.6 is 0 Å². The fraction of sp³-hybridized carbons (Fsp3) is 0.292. The Bertz CT molecular complexity index is 1140. The van der Waals surface area contributed by atoms with Crippen LogP contribution in [0, 0.1) is 24.0 Å². The number of non-ortho nitro benzene ring substituents is 1. The molecular formula is C24H25N5O3. The van der Waals surface area contributed by atoms with Gasteiger partial charge in [0.15, 0.2) is 0 Å². The third-order valence-electron chi connectivity index (χ3n) is 5.70. The van der Waals surface area contributed by atoms with Gasteiger partial charge >= 0.3 is 0 Å². The van der Waals surface area contributed by atoms with E-state index in [9.17, 15) is 14.9 Å². The fourth-order valence-corrected chi connectivity index (χ4v) is 4.04. The minimum Gasteiger partial charge on any atom is -0.353 e. The standard InChI is InChI=1S/C24H25N5O3/c1-17-22(15-19-7-4-3-5-8-19)23(26-18(2)25-17)27-11-13-28(14-12-27)24(30)20-9-6-10-21(16-20)29(31)32/h3-10,16H,11-15H2,1-2H3. The minimum absolute atomic E-state index is 0.0769. The maximum Gasteiger partial charge on any atom is 0.270 e. The van der Waals surface area contributed by atoms with Crippen molar-refractivity contribution in [3.8, 4) is 0 Å². The van der Waals surface area contributed by atoms with Crippen molar-refractivity contribution in [3.63, 3.8) is 0 Å². The highest BCUT2D eigenvalue weighted by Crippen LogP contribution is 2.25. The number of aromatic nitrogens is 2. The smallest absolute Gasteiger partial charge is 0.270 e. The number of anilines is 1. The van der Waals surface area contributed by atoms with Crippen LogP contribution in [0.1, 0.15) is 33.0 Å². The molecule has 1 aromatic heterocycles. The second kappa shape index (κ2) is 9.13. The summed E-state index contributed by atoms with van der Waals surface area (Å²) in [5.41, 5.74) is 3.52. The number of nitro groups is 1. The summed E-state index contributed by atoms with van der Waals surface area (Å²) < 4.78 is 0. The second-order valence-corrected chi connectivity index (χ2v) is 7.91. The van der Waals surface area contributed by atoms with Gasteiger partial charge < -0.3 is 9.80 Å². The summed E-state index contributed by atoms with van der Waals surface area (Å²) in [6.45, 7) is 6.23. The van der Waals surface area contributed by atoms with E-state index in [1.54, 1.807) is 17.0 Å². The van der Waals surface area contributed by atoms with Crippen LogP contribution in [-0.4, -0.2) is 51.9 Å². The van der Waals surface area contributed by atoms with Gasteiger partial charge in [-0.1, -0.05) is 36.4 Å². The van der Waals surface area contributed by atoms with Crippen LogP contribution in [0.5, 0.6) is 0 Å². The van der Waals surface area contributed by atoms with Crippen LogP contribution < -0.4 is 4.90 Å². The van der Waals surface area contributed by atoms with Gasteiger partial charge in [-0.2, -0.15) is 0 Å². The van der Waals surface area contributed by atoms with E-state index in [4.69, 9.17) is 4.98 Å². The van der Waals surface area contributed by atoms with Gasteiger partial charge in [0.05, 0.1) is 4.92 Å². The number of hydrogen-bond donors (Lipinski definition) is 0. The lowest BCUT2D eigenvalue weighted by Crippen LogP contribution is -2.49. The first kappa shape index (κ1) is 21.4. The lowest BCUT2D eigenvalue weighted by molar-refractivity contribution is -0.384. The molecule has 8 nitrogen and oxygen atoms in total. The van der Waals surface area contributed by atoms with Gasteiger partial charge in [0.25, 0.3) is 11.6 Å². The fourth-order valence-electron chi connectivity index (χ4n) is 4.04.